The molecule has 3 heteroatoms. The second-order valence-electron chi connectivity index (χ2n) is 2.14. The van der Waals surface area contributed by atoms with Crippen LogP contribution in [0.3, 0.4) is 0 Å². The van der Waals surface area contributed by atoms with Gasteiger partial charge in [0.25, 0.3) is 0 Å². The number of unbranched alkanes of at least 4 members (excludes halogenated alkanes) is 1. The summed E-state index contributed by atoms with van der Waals surface area (Å²) in [5.41, 5.74) is 0. The maximum atomic E-state index is 10.8. The molecule has 0 aliphatic heterocycles. The predicted octanol–water partition coefficient (Wildman–Crippen LogP) is 1.73. The molecule has 0 saturated heterocycles. The van der Waals surface area contributed by atoms with Gasteiger partial charge in [-0.2, -0.15) is 0 Å². The molecule has 0 aromatic rings. The fraction of sp³-hybridized carbons (Fsp3) is 0.857. The van der Waals surface area contributed by atoms with Gasteiger partial charge >= 0.3 is 0 Å². The van der Waals surface area contributed by atoms with Gasteiger partial charge in [0, 0.05) is 17.4 Å². The average molecular weight is 255 g/mol. The largest absolute Gasteiger partial charge is 0.356 e. The Morgan fingerprint density at radius 1 is 1.60 bits per heavy atom. The Kier molecular flexibility index (Phi) is 7.45. The summed E-state index contributed by atoms with van der Waals surface area (Å²) < 4.78 is 0.912. The van der Waals surface area contributed by atoms with Gasteiger partial charge in [-0.25, -0.2) is 0 Å². The summed E-state index contributed by atoms with van der Waals surface area (Å²) in [4.78, 5) is 10.8. The molecule has 0 heterocycles. The standard InChI is InChI=1S/C7H14INO/c1-2-3-6-9-7(10)4-5-8/h2-6H2,1H3,(H,9,10). The van der Waals surface area contributed by atoms with Gasteiger partial charge in [-0.05, 0) is 6.42 Å². The number of halogens is 1. The van der Waals surface area contributed by atoms with Crippen LogP contribution < -0.4 is 5.32 Å². The molecule has 0 aliphatic rings. The van der Waals surface area contributed by atoms with Crippen LogP contribution in [0.25, 0.3) is 0 Å². The lowest BCUT2D eigenvalue weighted by Gasteiger charge is -2.00. The Balaban J connectivity index is 3.05. The summed E-state index contributed by atoms with van der Waals surface area (Å²) in [5, 5.41) is 2.84. The first-order valence-electron chi connectivity index (χ1n) is 3.64. The van der Waals surface area contributed by atoms with E-state index in [1.54, 1.807) is 0 Å². The van der Waals surface area contributed by atoms with E-state index in [1.807, 2.05) is 0 Å². The third-order valence-corrected chi connectivity index (χ3v) is 1.71. The van der Waals surface area contributed by atoms with Crippen LogP contribution in [-0.4, -0.2) is 16.9 Å². The fourth-order valence-electron chi connectivity index (χ4n) is 0.579. The second kappa shape index (κ2) is 7.31. The summed E-state index contributed by atoms with van der Waals surface area (Å²) in [5.74, 6) is 0.183. The first kappa shape index (κ1) is 10.2. The number of rotatable bonds is 5. The van der Waals surface area contributed by atoms with E-state index in [1.165, 1.54) is 0 Å². The molecule has 0 radical (unpaired) electrons. The number of nitrogens with one attached hydrogen (secondary N) is 1. The maximum Gasteiger partial charge on any atom is 0.220 e. The molecule has 1 amide bonds. The van der Waals surface area contributed by atoms with Crippen LogP contribution in [-0.2, 0) is 4.79 Å². The first-order chi connectivity index (χ1) is 4.81. The molecule has 0 aromatic carbocycles. The van der Waals surface area contributed by atoms with Crippen LogP contribution in [0, 0.1) is 0 Å². The fourth-order valence-corrected chi connectivity index (χ4v) is 1.07. The average Bonchev–Trinajstić information content (AvgIpc) is 1.89. The van der Waals surface area contributed by atoms with E-state index in [0.29, 0.717) is 6.42 Å². The van der Waals surface area contributed by atoms with Gasteiger partial charge in [-0.1, -0.05) is 35.9 Å². The molecular formula is C7H14INO. The highest BCUT2D eigenvalue weighted by Crippen LogP contribution is 1.88. The van der Waals surface area contributed by atoms with Gasteiger partial charge < -0.3 is 5.32 Å². The second-order valence-corrected chi connectivity index (χ2v) is 3.22. The van der Waals surface area contributed by atoms with Crippen molar-refractivity contribution in [2.24, 2.45) is 0 Å². The van der Waals surface area contributed by atoms with Crippen LogP contribution in [0.2, 0.25) is 0 Å². The Bertz CT molecular complexity index is 95.6. The van der Waals surface area contributed by atoms with Crippen molar-refractivity contribution in [3.63, 3.8) is 0 Å². The Morgan fingerprint density at radius 3 is 2.80 bits per heavy atom. The molecular weight excluding hydrogens is 241 g/mol. The molecule has 2 nitrogen and oxygen atoms in total. The molecule has 0 aromatic heterocycles. The summed E-state index contributed by atoms with van der Waals surface area (Å²) in [6, 6.07) is 0. The van der Waals surface area contributed by atoms with E-state index in [9.17, 15) is 4.79 Å². The lowest BCUT2D eigenvalue weighted by Crippen LogP contribution is -2.24. The summed E-state index contributed by atoms with van der Waals surface area (Å²) >= 11 is 2.20. The molecule has 0 saturated carbocycles. The normalized spacial score (nSPS) is 9.40. The van der Waals surface area contributed by atoms with Crippen molar-refractivity contribution in [1.29, 1.82) is 0 Å². The van der Waals surface area contributed by atoms with E-state index in [2.05, 4.69) is 34.8 Å². The van der Waals surface area contributed by atoms with Crippen molar-refractivity contribution in [2.75, 3.05) is 11.0 Å². The molecule has 0 rings (SSSR count). The van der Waals surface area contributed by atoms with Crippen molar-refractivity contribution in [1.82, 2.24) is 5.32 Å². The van der Waals surface area contributed by atoms with Crippen molar-refractivity contribution in [3.05, 3.63) is 0 Å². The number of hydrogen-bond donors (Lipinski definition) is 1. The van der Waals surface area contributed by atoms with Crippen molar-refractivity contribution in [3.8, 4) is 0 Å². The molecule has 0 bridgehead atoms. The molecule has 0 unspecified atom stereocenters. The zero-order valence-corrected chi connectivity index (χ0v) is 8.48. The van der Waals surface area contributed by atoms with Crippen LogP contribution in [0.5, 0.6) is 0 Å². The number of amides is 1. The van der Waals surface area contributed by atoms with E-state index in [4.69, 9.17) is 0 Å². The predicted molar refractivity (Wildman–Crippen MR) is 51.4 cm³/mol. The quantitative estimate of drug-likeness (QED) is 0.452. The van der Waals surface area contributed by atoms with Crippen LogP contribution >= 0.6 is 22.6 Å². The summed E-state index contributed by atoms with van der Waals surface area (Å²) in [7, 11) is 0. The van der Waals surface area contributed by atoms with Crippen LogP contribution in [0.4, 0.5) is 0 Å². The number of carbonyl (C=O) groups excluding carboxylic acids is 1. The Morgan fingerprint density at radius 2 is 2.30 bits per heavy atom. The number of hydrogen-bond acceptors (Lipinski definition) is 1. The lowest BCUT2D eigenvalue weighted by atomic mass is 10.3. The van der Waals surface area contributed by atoms with Crippen LogP contribution in [0.15, 0.2) is 0 Å². The topological polar surface area (TPSA) is 29.1 Å². The molecule has 0 atom stereocenters. The Labute approximate surface area is 75.9 Å². The third kappa shape index (κ3) is 6.32. The first-order valence-corrected chi connectivity index (χ1v) is 5.16. The smallest absolute Gasteiger partial charge is 0.220 e. The highest BCUT2D eigenvalue weighted by Gasteiger charge is 1.95. The van der Waals surface area contributed by atoms with E-state index in [-0.39, 0.29) is 5.91 Å². The molecule has 0 aliphatic carbocycles. The SMILES string of the molecule is CCCCNC(=O)CCI. The van der Waals surface area contributed by atoms with Crippen molar-refractivity contribution < 1.29 is 4.79 Å². The van der Waals surface area contributed by atoms with Gasteiger partial charge in [-0.15, -0.1) is 0 Å². The van der Waals surface area contributed by atoms with Gasteiger partial charge in [0.05, 0.1) is 0 Å². The minimum atomic E-state index is 0.183. The maximum absolute atomic E-state index is 10.8. The zero-order chi connectivity index (χ0) is 7.82. The molecule has 60 valence electrons. The number of carbonyl (C=O) groups is 1. The minimum Gasteiger partial charge on any atom is -0.356 e. The molecule has 1 N–H and O–H groups in total. The zero-order valence-electron chi connectivity index (χ0n) is 6.32. The highest BCUT2D eigenvalue weighted by atomic mass is 127. The van der Waals surface area contributed by atoms with Crippen molar-refractivity contribution >= 4 is 28.5 Å². The molecule has 10 heavy (non-hydrogen) atoms. The minimum absolute atomic E-state index is 0.183. The molecule has 0 spiro atoms. The summed E-state index contributed by atoms with van der Waals surface area (Å²) in [6.07, 6.45) is 2.89. The Hall–Kier alpha value is 0.200. The van der Waals surface area contributed by atoms with Gasteiger partial charge in [0.15, 0.2) is 0 Å². The van der Waals surface area contributed by atoms with E-state index in [0.717, 1.165) is 23.8 Å². The van der Waals surface area contributed by atoms with E-state index < -0.39 is 0 Å². The van der Waals surface area contributed by atoms with Crippen LogP contribution in [0.1, 0.15) is 26.2 Å². The summed E-state index contributed by atoms with van der Waals surface area (Å²) in [6.45, 7) is 2.95. The van der Waals surface area contributed by atoms with Gasteiger partial charge in [0.1, 0.15) is 0 Å². The monoisotopic (exact) mass is 255 g/mol. The highest BCUT2D eigenvalue weighted by molar-refractivity contribution is 14.1. The lowest BCUT2D eigenvalue weighted by molar-refractivity contribution is -0.120. The van der Waals surface area contributed by atoms with E-state index >= 15 is 0 Å². The number of alkyl halides is 1. The molecule has 0 fully saturated rings. The van der Waals surface area contributed by atoms with Gasteiger partial charge in [-0.3, -0.25) is 4.79 Å². The third-order valence-electron chi connectivity index (χ3n) is 1.17. The van der Waals surface area contributed by atoms with Crippen molar-refractivity contribution in [2.45, 2.75) is 26.2 Å². The van der Waals surface area contributed by atoms with Gasteiger partial charge in [0.2, 0.25) is 5.91 Å².